The lowest BCUT2D eigenvalue weighted by Crippen LogP contribution is -2.45. The Morgan fingerprint density at radius 2 is 2.21 bits per heavy atom. The molecule has 1 saturated carbocycles. The van der Waals surface area contributed by atoms with Gasteiger partial charge in [-0.3, -0.25) is 14.9 Å². The summed E-state index contributed by atoms with van der Waals surface area (Å²) in [5, 5.41) is 10.2. The lowest BCUT2D eigenvalue weighted by Gasteiger charge is -2.27. The molecular weight excluding hydrogens is 264 g/mol. The molecule has 1 heterocycles. The van der Waals surface area contributed by atoms with Crippen molar-refractivity contribution in [2.75, 3.05) is 11.9 Å². The van der Waals surface area contributed by atoms with Crippen LogP contribution in [0.4, 0.5) is 5.13 Å². The van der Waals surface area contributed by atoms with E-state index in [0.717, 1.165) is 32.1 Å². The van der Waals surface area contributed by atoms with Crippen molar-refractivity contribution >= 4 is 28.3 Å². The number of carbonyl (C=O) groups excluding carboxylic acids is 2. The van der Waals surface area contributed by atoms with E-state index in [4.69, 9.17) is 0 Å². The van der Waals surface area contributed by atoms with Gasteiger partial charge in [0.05, 0.1) is 0 Å². The first-order valence-electron chi connectivity index (χ1n) is 6.60. The minimum absolute atomic E-state index is 0.215. The molecule has 2 amide bonds. The standard InChI is InChI=1S/C12H18N4O2S/c1-2-7-16(9-5-3-4-6-9)11(18)10(17)14-12-15-13-8-19-12/h8-9H,2-7H2,1H3,(H,14,15,17). The van der Waals surface area contributed by atoms with Gasteiger partial charge in [-0.05, 0) is 19.3 Å². The Kier molecular flexibility index (Phi) is 4.84. The molecule has 2 rings (SSSR count). The topological polar surface area (TPSA) is 75.2 Å². The third kappa shape index (κ3) is 3.50. The van der Waals surface area contributed by atoms with Gasteiger partial charge in [0, 0.05) is 12.6 Å². The van der Waals surface area contributed by atoms with E-state index in [1.165, 1.54) is 16.8 Å². The van der Waals surface area contributed by atoms with Crippen LogP contribution in [0.25, 0.3) is 0 Å². The van der Waals surface area contributed by atoms with Gasteiger partial charge in [0.25, 0.3) is 0 Å². The number of nitrogens with one attached hydrogen (secondary N) is 1. The summed E-state index contributed by atoms with van der Waals surface area (Å²) < 4.78 is 0. The molecule has 0 atom stereocenters. The van der Waals surface area contributed by atoms with E-state index in [0.29, 0.717) is 11.7 Å². The first kappa shape index (κ1) is 13.9. The van der Waals surface area contributed by atoms with E-state index < -0.39 is 11.8 Å². The lowest BCUT2D eigenvalue weighted by atomic mass is 10.2. The minimum Gasteiger partial charge on any atom is -0.331 e. The molecule has 6 nitrogen and oxygen atoms in total. The van der Waals surface area contributed by atoms with E-state index in [2.05, 4.69) is 15.5 Å². The average molecular weight is 282 g/mol. The summed E-state index contributed by atoms with van der Waals surface area (Å²) in [5.41, 5.74) is 1.51. The number of amides is 2. The van der Waals surface area contributed by atoms with Crippen LogP contribution in [0.2, 0.25) is 0 Å². The molecule has 1 N–H and O–H groups in total. The highest BCUT2D eigenvalue weighted by Crippen LogP contribution is 2.24. The smallest absolute Gasteiger partial charge is 0.315 e. The molecule has 1 aliphatic carbocycles. The van der Waals surface area contributed by atoms with E-state index in [1.807, 2.05) is 6.92 Å². The maximum atomic E-state index is 12.2. The predicted molar refractivity (Wildman–Crippen MR) is 72.8 cm³/mol. The summed E-state index contributed by atoms with van der Waals surface area (Å²) in [7, 11) is 0. The fourth-order valence-corrected chi connectivity index (χ4v) is 2.86. The molecule has 104 valence electrons. The second kappa shape index (κ2) is 6.60. The largest absolute Gasteiger partial charge is 0.331 e. The summed E-state index contributed by atoms with van der Waals surface area (Å²) >= 11 is 1.20. The monoisotopic (exact) mass is 282 g/mol. The minimum atomic E-state index is -0.614. The molecule has 0 spiro atoms. The van der Waals surface area contributed by atoms with Crippen LogP contribution in [0.3, 0.4) is 0 Å². The maximum absolute atomic E-state index is 12.2. The highest BCUT2D eigenvalue weighted by atomic mass is 32.1. The van der Waals surface area contributed by atoms with Crippen LogP contribution in [-0.4, -0.2) is 39.5 Å². The number of rotatable bonds is 4. The van der Waals surface area contributed by atoms with Gasteiger partial charge in [-0.2, -0.15) is 0 Å². The molecule has 7 heteroatoms. The lowest BCUT2D eigenvalue weighted by molar-refractivity contribution is -0.144. The quantitative estimate of drug-likeness (QED) is 0.852. The number of nitrogens with zero attached hydrogens (tertiary/aromatic N) is 3. The van der Waals surface area contributed by atoms with Crippen LogP contribution < -0.4 is 5.32 Å². The van der Waals surface area contributed by atoms with Gasteiger partial charge < -0.3 is 4.90 Å². The Morgan fingerprint density at radius 1 is 1.47 bits per heavy atom. The van der Waals surface area contributed by atoms with Gasteiger partial charge in [0.2, 0.25) is 5.13 Å². The van der Waals surface area contributed by atoms with Crippen molar-refractivity contribution in [3.63, 3.8) is 0 Å². The molecule has 19 heavy (non-hydrogen) atoms. The van der Waals surface area contributed by atoms with Gasteiger partial charge in [0.1, 0.15) is 5.51 Å². The highest BCUT2D eigenvalue weighted by Gasteiger charge is 2.30. The Balaban J connectivity index is 1.99. The molecule has 1 aliphatic rings. The van der Waals surface area contributed by atoms with Crippen molar-refractivity contribution in [3.8, 4) is 0 Å². The molecule has 0 saturated heterocycles. The van der Waals surface area contributed by atoms with Gasteiger partial charge in [-0.25, -0.2) is 0 Å². The van der Waals surface area contributed by atoms with Crippen molar-refractivity contribution in [1.82, 2.24) is 15.1 Å². The van der Waals surface area contributed by atoms with Crippen LogP contribution in [-0.2, 0) is 9.59 Å². The number of hydrogen-bond donors (Lipinski definition) is 1. The second-order valence-electron chi connectivity index (χ2n) is 4.63. The summed E-state index contributed by atoms with van der Waals surface area (Å²) in [5.74, 6) is -1.07. The third-order valence-corrected chi connectivity index (χ3v) is 3.87. The predicted octanol–water partition coefficient (Wildman–Crippen LogP) is 1.66. The molecule has 1 aromatic heterocycles. The normalized spacial score (nSPS) is 15.4. The first-order valence-corrected chi connectivity index (χ1v) is 7.48. The Labute approximate surface area is 116 Å². The maximum Gasteiger partial charge on any atom is 0.315 e. The fraction of sp³-hybridized carbons (Fsp3) is 0.667. The SMILES string of the molecule is CCCN(C(=O)C(=O)Nc1nncs1)C1CCCC1. The van der Waals surface area contributed by atoms with Crippen molar-refractivity contribution in [1.29, 1.82) is 0 Å². The zero-order valence-corrected chi connectivity index (χ0v) is 11.8. The molecule has 1 fully saturated rings. The average Bonchev–Trinajstić information content (AvgIpc) is 3.07. The summed E-state index contributed by atoms with van der Waals surface area (Å²) in [6.45, 7) is 2.64. The zero-order chi connectivity index (χ0) is 13.7. The van der Waals surface area contributed by atoms with E-state index in [1.54, 1.807) is 4.90 Å². The Bertz CT molecular complexity index is 429. The molecule has 0 radical (unpaired) electrons. The third-order valence-electron chi connectivity index (χ3n) is 3.27. The molecular formula is C12H18N4O2S. The first-order chi connectivity index (χ1) is 9.22. The van der Waals surface area contributed by atoms with Crippen LogP contribution in [0.15, 0.2) is 5.51 Å². The summed E-state index contributed by atoms with van der Waals surface area (Å²) in [6, 6.07) is 0.215. The van der Waals surface area contributed by atoms with E-state index >= 15 is 0 Å². The highest BCUT2D eigenvalue weighted by molar-refractivity contribution is 7.13. The number of anilines is 1. The summed E-state index contributed by atoms with van der Waals surface area (Å²) in [4.78, 5) is 25.8. The number of aromatic nitrogens is 2. The second-order valence-corrected chi connectivity index (χ2v) is 5.47. The van der Waals surface area contributed by atoms with Crippen LogP contribution >= 0.6 is 11.3 Å². The van der Waals surface area contributed by atoms with Crippen LogP contribution in [0.1, 0.15) is 39.0 Å². The number of carbonyl (C=O) groups is 2. The van der Waals surface area contributed by atoms with E-state index in [9.17, 15) is 9.59 Å². The van der Waals surface area contributed by atoms with Crippen molar-refractivity contribution in [2.45, 2.75) is 45.1 Å². The van der Waals surface area contributed by atoms with Crippen molar-refractivity contribution < 1.29 is 9.59 Å². The molecule has 0 aromatic carbocycles. The Morgan fingerprint density at radius 3 is 2.79 bits per heavy atom. The van der Waals surface area contributed by atoms with Crippen LogP contribution in [0.5, 0.6) is 0 Å². The number of hydrogen-bond acceptors (Lipinski definition) is 5. The zero-order valence-electron chi connectivity index (χ0n) is 11.0. The van der Waals surface area contributed by atoms with Crippen LogP contribution in [0, 0.1) is 0 Å². The van der Waals surface area contributed by atoms with Crippen molar-refractivity contribution in [3.05, 3.63) is 5.51 Å². The Hall–Kier alpha value is -1.50. The molecule has 1 aromatic rings. The molecule has 0 bridgehead atoms. The van der Waals surface area contributed by atoms with Gasteiger partial charge in [-0.15, -0.1) is 10.2 Å². The van der Waals surface area contributed by atoms with Crippen molar-refractivity contribution in [2.24, 2.45) is 0 Å². The fourth-order valence-electron chi connectivity index (χ4n) is 2.42. The molecule has 0 aliphatic heterocycles. The summed E-state index contributed by atoms with van der Waals surface area (Å²) in [6.07, 6.45) is 5.12. The van der Waals surface area contributed by atoms with Gasteiger partial charge in [-0.1, -0.05) is 31.1 Å². The van der Waals surface area contributed by atoms with Gasteiger partial charge in [0.15, 0.2) is 0 Å². The van der Waals surface area contributed by atoms with Gasteiger partial charge >= 0.3 is 11.8 Å². The molecule has 0 unspecified atom stereocenters. The van der Waals surface area contributed by atoms with E-state index in [-0.39, 0.29) is 6.04 Å².